The first-order chi connectivity index (χ1) is 12.0. The van der Waals surface area contributed by atoms with E-state index in [-0.39, 0.29) is 5.56 Å². The number of halogens is 3. The zero-order chi connectivity index (χ0) is 19.7. The van der Waals surface area contributed by atoms with Gasteiger partial charge in [0, 0.05) is 5.56 Å². The monoisotopic (exact) mass is 382 g/mol. The third-order valence-electron chi connectivity index (χ3n) is 3.72. The van der Waals surface area contributed by atoms with Crippen LogP contribution in [-0.4, -0.2) is 14.3 Å². The number of amides is 1. The number of benzene rings is 2. The first-order valence-corrected chi connectivity index (χ1v) is 8.70. The molecule has 26 heavy (non-hydrogen) atoms. The SMILES string of the molecule is Cc1ccc(C(=O)NS(=O)(=O)c2ccc(C#N)c(C(F)(F)F)c2)cc1C. The van der Waals surface area contributed by atoms with Gasteiger partial charge in [-0.05, 0) is 55.3 Å². The first kappa shape index (κ1) is 19.5. The second-order valence-corrected chi connectivity index (χ2v) is 7.23. The molecule has 0 unspecified atom stereocenters. The molecule has 1 N–H and O–H groups in total. The van der Waals surface area contributed by atoms with Crippen LogP contribution in [-0.2, 0) is 16.2 Å². The molecule has 136 valence electrons. The fourth-order valence-electron chi connectivity index (χ4n) is 2.15. The lowest BCUT2D eigenvalue weighted by molar-refractivity contribution is -0.137. The van der Waals surface area contributed by atoms with Gasteiger partial charge in [-0.15, -0.1) is 0 Å². The van der Waals surface area contributed by atoms with Crippen molar-refractivity contribution in [2.24, 2.45) is 0 Å². The van der Waals surface area contributed by atoms with Crippen molar-refractivity contribution < 1.29 is 26.4 Å². The van der Waals surface area contributed by atoms with E-state index in [9.17, 15) is 26.4 Å². The Morgan fingerprint density at radius 1 is 1.08 bits per heavy atom. The summed E-state index contributed by atoms with van der Waals surface area (Å²) in [5, 5.41) is 8.75. The van der Waals surface area contributed by atoms with Gasteiger partial charge in [0.25, 0.3) is 15.9 Å². The van der Waals surface area contributed by atoms with Gasteiger partial charge in [0.1, 0.15) is 0 Å². The van der Waals surface area contributed by atoms with Crippen molar-refractivity contribution in [3.05, 3.63) is 64.2 Å². The van der Waals surface area contributed by atoms with Crippen molar-refractivity contribution in [2.75, 3.05) is 0 Å². The van der Waals surface area contributed by atoms with Crippen LogP contribution in [0.1, 0.15) is 32.6 Å². The summed E-state index contributed by atoms with van der Waals surface area (Å²) in [6, 6.07) is 7.78. The average molecular weight is 382 g/mol. The highest BCUT2D eigenvalue weighted by molar-refractivity contribution is 7.90. The lowest BCUT2D eigenvalue weighted by Gasteiger charge is -2.12. The van der Waals surface area contributed by atoms with Crippen molar-refractivity contribution in [3.63, 3.8) is 0 Å². The zero-order valence-electron chi connectivity index (χ0n) is 13.7. The Morgan fingerprint density at radius 2 is 1.73 bits per heavy atom. The topological polar surface area (TPSA) is 87.0 Å². The van der Waals surface area contributed by atoms with Crippen molar-refractivity contribution in [1.29, 1.82) is 5.26 Å². The minimum absolute atomic E-state index is 0.0568. The van der Waals surface area contributed by atoms with Gasteiger partial charge in [-0.2, -0.15) is 18.4 Å². The van der Waals surface area contributed by atoms with E-state index in [1.165, 1.54) is 18.2 Å². The molecule has 0 aromatic heterocycles. The quantitative estimate of drug-likeness (QED) is 0.882. The molecule has 0 fully saturated rings. The summed E-state index contributed by atoms with van der Waals surface area (Å²) in [5.74, 6) is -0.967. The van der Waals surface area contributed by atoms with E-state index in [1.54, 1.807) is 17.7 Å². The number of sulfonamides is 1. The molecule has 0 heterocycles. The van der Waals surface area contributed by atoms with Crippen LogP contribution < -0.4 is 4.72 Å². The Balaban J connectivity index is 2.40. The smallest absolute Gasteiger partial charge is 0.268 e. The molecule has 0 saturated carbocycles. The number of nitrogens with one attached hydrogen (secondary N) is 1. The summed E-state index contributed by atoms with van der Waals surface area (Å²) in [6.07, 6.45) is -4.91. The van der Waals surface area contributed by atoms with Crippen LogP contribution >= 0.6 is 0 Å². The standard InChI is InChI=1S/C17H13F3N2O3S/c1-10-3-4-12(7-11(10)2)16(23)22-26(24,25)14-6-5-13(9-21)15(8-14)17(18,19)20/h3-8H,1-2H3,(H,22,23). The molecule has 9 heteroatoms. The van der Waals surface area contributed by atoms with Gasteiger partial charge >= 0.3 is 6.18 Å². The van der Waals surface area contributed by atoms with E-state index < -0.39 is 38.1 Å². The molecule has 0 spiro atoms. The zero-order valence-corrected chi connectivity index (χ0v) is 14.5. The van der Waals surface area contributed by atoms with Gasteiger partial charge in [0.05, 0.1) is 22.1 Å². The van der Waals surface area contributed by atoms with E-state index in [0.29, 0.717) is 6.07 Å². The number of hydrogen-bond donors (Lipinski definition) is 1. The normalized spacial score (nSPS) is 11.7. The second kappa shape index (κ2) is 6.80. The Kier molecular flexibility index (Phi) is 5.09. The van der Waals surface area contributed by atoms with E-state index >= 15 is 0 Å². The fraction of sp³-hybridized carbons (Fsp3) is 0.176. The van der Waals surface area contributed by atoms with Crippen molar-refractivity contribution >= 4 is 15.9 Å². The highest BCUT2D eigenvalue weighted by atomic mass is 32.2. The number of rotatable bonds is 3. The molecule has 0 aliphatic heterocycles. The van der Waals surface area contributed by atoms with Crippen LogP contribution in [0.25, 0.3) is 0 Å². The van der Waals surface area contributed by atoms with Crippen LogP contribution in [0.15, 0.2) is 41.3 Å². The maximum absolute atomic E-state index is 13.0. The van der Waals surface area contributed by atoms with Gasteiger partial charge in [0.2, 0.25) is 0 Å². The van der Waals surface area contributed by atoms with Crippen LogP contribution in [0.2, 0.25) is 0 Å². The van der Waals surface area contributed by atoms with Crippen LogP contribution in [0.4, 0.5) is 13.2 Å². The summed E-state index contributed by atoms with van der Waals surface area (Å²) in [6.45, 7) is 3.54. The maximum atomic E-state index is 13.0. The number of nitrogens with zero attached hydrogens (tertiary/aromatic N) is 1. The summed E-state index contributed by atoms with van der Waals surface area (Å²) < 4.78 is 65.2. The Morgan fingerprint density at radius 3 is 2.27 bits per heavy atom. The number of aryl methyl sites for hydroxylation is 2. The second-order valence-electron chi connectivity index (χ2n) is 5.55. The predicted octanol–water partition coefficient (Wildman–Crippen LogP) is 3.31. The van der Waals surface area contributed by atoms with Crippen molar-refractivity contribution in [1.82, 2.24) is 4.72 Å². The molecule has 0 radical (unpaired) electrons. The summed E-state index contributed by atoms with van der Waals surface area (Å²) >= 11 is 0. The number of nitriles is 1. The van der Waals surface area contributed by atoms with E-state index in [2.05, 4.69) is 0 Å². The molecule has 5 nitrogen and oxygen atoms in total. The van der Waals surface area contributed by atoms with Gasteiger partial charge in [0.15, 0.2) is 0 Å². The number of alkyl halides is 3. The van der Waals surface area contributed by atoms with E-state index in [0.717, 1.165) is 23.3 Å². The first-order valence-electron chi connectivity index (χ1n) is 7.21. The van der Waals surface area contributed by atoms with Crippen LogP contribution in [0.5, 0.6) is 0 Å². The lowest BCUT2D eigenvalue weighted by atomic mass is 10.1. The molecule has 2 aromatic rings. The highest BCUT2D eigenvalue weighted by Crippen LogP contribution is 2.33. The molecule has 0 atom stereocenters. The maximum Gasteiger partial charge on any atom is 0.417 e. The number of carbonyl (C=O) groups is 1. The third-order valence-corrected chi connectivity index (χ3v) is 5.05. The fourth-order valence-corrected chi connectivity index (χ4v) is 3.15. The minimum atomic E-state index is -4.91. The molecule has 2 aromatic carbocycles. The predicted molar refractivity (Wildman–Crippen MR) is 86.7 cm³/mol. The molecule has 0 aliphatic carbocycles. The molecule has 1 amide bonds. The van der Waals surface area contributed by atoms with Gasteiger partial charge in [-0.1, -0.05) is 6.07 Å². The largest absolute Gasteiger partial charge is 0.417 e. The summed E-state index contributed by atoms with van der Waals surface area (Å²) in [7, 11) is -4.55. The van der Waals surface area contributed by atoms with Gasteiger partial charge in [-0.25, -0.2) is 13.1 Å². The number of hydrogen-bond acceptors (Lipinski definition) is 4. The average Bonchev–Trinajstić information content (AvgIpc) is 2.55. The van der Waals surface area contributed by atoms with Crippen molar-refractivity contribution in [3.8, 4) is 6.07 Å². The van der Waals surface area contributed by atoms with E-state index in [4.69, 9.17) is 5.26 Å². The third kappa shape index (κ3) is 4.03. The molecular formula is C17H13F3N2O3S. The molecular weight excluding hydrogens is 369 g/mol. The summed E-state index contributed by atoms with van der Waals surface area (Å²) in [4.78, 5) is 11.4. The van der Waals surface area contributed by atoms with Crippen LogP contribution in [0, 0.1) is 25.2 Å². The van der Waals surface area contributed by atoms with E-state index in [1.807, 2.05) is 6.92 Å². The van der Waals surface area contributed by atoms with Crippen molar-refractivity contribution in [2.45, 2.75) is 24.9 Å². The van der Waals surface area contributed by atoms with Crippen LogP contribution in [0.3, 0.4) is 0 Å². The molecule has 0 saturated heterocycles. The molecule has 0 aliphatic rings. The lowest BCUT2D eigenvalue weighted by Crippen LogP contribution is -2.31. The van der Waals surface area contributed by atoms with Gasteiger partial charge in [-0.3, -0.25) is 4.79 Å². The minimum Gasteiger partial charge on any atom is -0.268 e. The van der Waals surface area contributed by atoms with Gasteiger partial charge < -0.3 is 0 Å². The Hall–Kier alpha value is -2.86. The Labute approximate surface area is 148 Å². The number of carbonyl (C=O) groups excluding carboxylic acids is 1. The molecule has 0 bridgehead atoms. The molecule has 2 rings (SSSR count). The highest BCUT2D eigenvalue weighted by Gasteiger charge is 2.35. The summed E-state index contributed by atoms with van der Waals surface area (Å²) in [5.41, 5.74) is -0.390. The Bertz CT molecular complexity index is 1020.